The molecule has 0 aliphatic heterocycles. The van der Waals surface area contributed by atoms with Crippen molar-refractivity contribution in [3.8, 4) is 17.2 Å². The fourth-order valence-corrected chi connectivity index (χ4v) is 6.53. The Kier molecular flexibility index (Phi) is 10.2. The zero-order valence-electron chi connectivity index (χ0n) is 19.4. The van der Waals surface area contributed by atoms with Crippen LogP contribution in [-0.2, 0) is 11.2 Å². The Morgan fingerprint density at radius 1 is 1.06 bits per heavy atom. The molecule has 0 saturated heterocycles. The molecule has 0 amide bonds. The molecule has 2 aromatic carbocycles. The number of rotatable bonds is 13. The van der Waals surface area contributed by atoms with Gasteiger partial charge in [0, 0.05) is 24.2 Å². The van der Waals surface area contributed by atoms with E-state index in [1.807, 2.05) is 18.2 Å². The van der Waals surface area contributed by atoms with Gasteiger partial charge < -0.3 is 35.0 Å². The van der Waals surface area contributed by atoms with E-state index in [9.17, 15) is 24.8 Å². The number of aliphatic hydroxyl groups is 2. The molecule has 0 radical (unpaired) electrons. The predicted molar refractivity (Wildman–Crippen MR) is 131 cm³/mol. The van der Waals surface area contributed by atoms with Crippen molar-refractivity contribution in [3.05, 3.63) is 54.1 Å². The van der Waals surface area contributed by atoms with Crippen molar-refractivity contribution in [2.75, 3.05) is 19.7 Å². The van der Waals surface area contributed by atoms with E-state index < -0.39 is 19.3 Å². The summed E-state index contributed by atoms with van der Waals surface area (Å²) in [5, 5.41) is 32.2. The average Bonchev–Trinajstić information content (AvgIpc) is 2.86. The molecule has 9 heteroatoms. The van der Waals surface area contributed by atoms with Gasteiger partial charge in [-0.05, 0) is 49.7 Å². The number of phenols is 1. The van der Waals surface area contributed by atoms with E-state index in [1.165, 1.54) is 12.1 Å². The van der Waals surface area contributed by atoms with Crippen molar-refractivity contribution in [2.45, 2.75) is 62.7 Å². The van der Waals surface area contributed by atoms with E-state index in [0.29, 0.717) is 30.0 Å². The lowest BCUT2D eigenvalue weighted by molar-refractivity contribution is 0.105. The Balaban J connectivity index is 1.49. The zero-order valence-corrected chi connectivity index (χ0v) is 20.3. The molecule has 1 saturated carbocycles. The van der Waals surface area contributed by atoms with Crippen molar-refractivity contribution in [1.29, 1.82) is 0 Å². The minimum absolute atomic E-state index is 0.0151. The maximum atomic E-state index is 13.4. The molecule has 8 nitrogen and oxygen atoms in total. The molecule has 0 aromatic heterocycles. The molecule has 2 aromatic rings. The largest absolute Gasteiger partial charge is 0.508 e. The highest BCUT2D eigenvalue weighted by molar-refractivity contribution is 7.59. The topological polar surface area (TPSA) is 128 Å². The van der Waals surface area contributed by atoms with Gasteiger partial charge in [0.1, 0.15) is 30.0 Å². The molecule has 1 aliphatic carbocycles. The Bertz CT molecular complexity index is 921. The summed E-state index contributed by atoms with van der Waals surface area (Å²) < 4.78 is 25.0. The van der Waals surface area contributed by atoms with Gasteiger partial charge in [0.05, 0.1) is 6.61 Å². The van der Waals surface area contributed by atoms with Gasteiger partial charge in [-0.2, -0.15) is 0 Å². The van der Waals surface area contributed by atoms with E-state index in [4.69, 9.17) is 9.47 Å². The molecular formula is C25H36NO7P. The molecule has 5 N–H and O–H groups in total. The zero-order chi connectivity index (χ0) is 24.4. The first kappa shape index (κ1) is 26.5. The minimum atomic E-state index is -3.56. The highest BCUT2D eigenvalue weighted by Crippen LogP contribution is 2.57. The van der Waals surface area contributed by atoms with Gasteiger partial charge in [0.15, 0.2) is 5.85 Å². The van der Waals surface area contributed by atoms with E-state index in [0.717, 1.165) is 32.1 Å². The third-order valence-electron chi connectivity index (χ3n) is 6.14. The summed E-state index contributed by atoms with van der Waals surface area (Å²) in [6.07, 6.45) is 4.08. The molecule has 1 fully saturated rings. The van der Waals surface area contributed by atoms with Gasteiger partial charge in [-0.1, -0.05) is 37.5 Å². The molecule has 3 rings (SSSR count). The van der Waals surface area contributed by atoms with Crippen molar-refractivity contribution >= 4 is 7.37 Å². The summed E-state index contributed by atoms with van der Waals surface area (Å²) in [4.78, 5) is 11.0. The molecule has 0 spiro atoms. The summed E-state index contributed by atoms with van der Waals surface area (Å²) in [7, 11) is -3.56. The second kappa shape index (κ2) is 13.1. The summed E-state index contributed by atoms with van der Waals surface area (Å²) >= 11 is 0. The molecule has 3 unspecified atom stereocenters. The summed E-state index contributed by atoms with van der Waals surface area (Å²) in [6, 6.07) is 13.6. The number of hydrogen-bond acceptors (Lipinski definition) is 7. The van der Waals surface area contributed by atoms with Crippen LogP contribution in [0.15, 0.2) is 48.5 Å². The van der Waals surface area contributed by atoms with Crippen LogP contribution in [0.25, 0.3) is 0 Å². The lowest BCUT2D eigenvalue weighted by atomic mass is 10.0. The Morgan fingerprint density at radius 2 is 1.79 bits per heavy atom. The van der Waals surface area contributed by atoms with Crippen molar-refractivity contribution < 1.29 is 34.3 Å². The Morgan fingerprint density at radius 3 is 2.50 bits per heavy atom. The highest BCUT2D eigenvalue weighted by Gasteiger charge is 2.40. The van der Waals surface area contributed by atoms with Gasteiger partial charge in [0.25, 0.3) is 0 Å². The lowest BCUT2D eigenvalue weighted by Crippen LogP contribution is -2.34. The number of aliphatic hydroxyl groups excluding tert-OH is 2. The lowest BCUT2D eigenvalue weighted by Gasteiger charge is -2.32. The van der Waals surface area contributed by atoms with Crippen LogP contribution in [0.4, 0.5) is 0 Å². The number of benzene rings is 2. The number of ether oxygens (including phenoxy) is 2. The monoisotopic (exact) mass is 493 g/mol. The third-order valence-corrected chi connectivity index (χ3v) is 8.89. The second-order valence-corrected chi connectivity index (χ2v) is 11.4. The number of nitrogens with one attached hydrogen (secondary N) is 1. The molecule has 188 valence electrons. The van der Waals surface area contributed by atoms with Crippen LogP contribution in [0.3, 0.4) is 0 Å². The van der Waals surface area contributed by atoms with Crippen LogP contribution < -0.4 is 14.8 Å². The maximum Gasteiger partial charge on any atom is 0.242 e. The van der Waals surface area contributed by atoms with Crippen molar-refractivity contribution in [1.82, 2.24) is 5.32 Å². The number of para-hydroxylation sites is 1. The molecule has 3 atom stereocenters. The maximum absolute atomic E-state index is 13.4. The summed E-state index contributed by atoms with van der Waals surface area (Å²) in [5.41, 5.74) is 0.115. The Hall–Kier alpha value is -2.09. The first-order chi connectivity index (χ1) is 16.4. The van der Waals surface area contributed by atoms with Crippen LogP contribution in [-0.4, -0.2) is 57.5 Å². The third kappa shape index (κ3) is 7.72. The first-order valence-electron chi connectivity index (χ1n) is 11.9. The van der Waals surface area contributed by atoms with Gasteiger partial charge in [0.2, 0.25) is 7.37 Å². The van der Waals surface area contributed by atoms with E-state index >= 15 is 0 Å². The Labute approximate surface area is 201 Å². The van der Waals surface area contributed by atoms with Gasteiger partial charge >= 0.3 is 0 Å². The standard InChI is InChI=1S/C25H36NO7P/c27-17-19-15-22(11-12-24(19)29)32-18-20(28)16-26-14-13-25(33-21-7-3-1-4-8-21)34(30,31)23-9-5-2-6-10-23/h1,3-4,7-8,11-12,15,20,23,25-29H,2,5-6,9-10,13-14,16-18H2,(H,30,31). The number of hydrogen-bond donors (Lipinski definition) is 5. The molecular weight excluding hydrogens is 457 g/mol. The molecule has 0 bridgehead atoms. The SMILES string of the molecule is O=P(O)(C1CCCCC1)C(CCNCC(O)COc1ccc(O)c(CO)c1)Oc1ccccc1. The summed E-state index contributed by atoms with van der Waals surface area (Å²) in [5.74, 6) is 0.180. The fraction of sp³-hybridized carbons (Fsp3) is 0.520. The smallest absolute Gasteiger partial charge is 0.242 e. The first-order valence-corrected chi connectivity index (χ1v) is 13.7. The van der Waals surface area contributed by atoms with Gasteiger partial charge in [-0.25, -0.2) is 0 Å². The number of aromatic hydroxyl groups is 1. The fourth-order valence-electron chi connectivity index (χ4n) is 4.19. The second-order valence-electron chi connectivity index (χ2n) is 8.76. The van der Waals surface area contributed by atoms with E-state index in [-0.39, 0.29) is 31.2 Å². The normalized spacial score (nSPS) is 18.1. The van der Waals surface area contributed by atoms with Crippen LogP contribution >= 0.6 is 7.37 Å². The van der Waals surface area contributed by atoms with Gasteiger partial charge in [-0.15, -0.1) is 0 Å². The molecule has 34 heavy (non-hydrogen) atoms. The van der Waals surface area contributed by atoms with Crippen LogP contribution in [0.2, 0.25) is 0 Å². The van der Waals surface area contributed by atoms with E-state index in [1.54, 1.807) is 18.2 Å². The van der Waals surface area contributed by atoms with Crippen LogP contribution in [0.5, 0.6) is 17.2 Å². The van der Waals surface area contributed by atoms with Crippen molar-refractivity contribution in [2.24, 2.45) is 0 Å². The highest BCUT2D eigenvalue weighted by atomic mass is 31.2. The molecule has 0 heterocycles. The predicted octanol–water partition coefficient (Wildman–Crippen LogP) is 3.61. The molecule has 1 aliphatic rings. The van der Waals surface area contributed by atoms with Crippen LogP contribution in [0, 0.1) is 0 Å². The van der Waals surface area contributed by atoms with Crippen LogP contribution in [0.1, 0.15) is 44.1 Å². The quantitative estimate of drug-likeness (QED) is 0.211. The minimum Gasteiger partial charge on any atom is -0.508 e. The summed E-state index contributed by atoms with van der Waals surface area (Å²) in [6.45, 7) is 0.351. The van der Waals surface area contributed by atoms with E-state index in [2.05, 4.69) is 5.32 Å². The van der Waals surface area contributed by atoms with Gasteiger partial charge in [-0.3, -0.25) is 4.57 Å². The average molecular weight is 494 g/mol. The van der Waals surface area contributed by atoms with Crippen molar-refractivity contribution in [3.63, 3.8) is 0 Å².